The van der Waals surface area contributed by atoms with Crippen molar-refractivity contribution in [2.24, 2.45) is 0 Å². The van der Waals surface area contributed by atoms with E-state index in [1.807, 2.05) is 6.07 Å². The Balaban J connectivity index is 2.49. The van der Waals surface area contributed by atoms with Crippen LogP contribution < -0.4 is 0 Å². The van der Waals surface area contributed by atoms with Gasteiger partial charge in [-0.15, -0.1) is 0 Å². The molecule has 0 fully saturated rings. The first kappa shape index (κ1) is 12.2. The second kappa shape index (κ2) is 4.92. The fourth-order valence-electron chi connectivity index (χ4n) is 1.66. The molecule has 4 heteroatoms. The van der Waals surface area contributed by atoms with Gasteiger partial charge in [0.2, 0.25) is 0 Å². The molecule has 0 atom stereocenters. The zero-order chi connectivity index (χ0) is 13.1. The van der Waals surface area contributed by atoms with Crippen molar-refractivity contribution >= 4 is 0 Å². The third kappa shape index (κ3) is 2.35. The lowest BCUT2D eigenvalue weighted by Gasteiger charge is -2.06. The molecule has 1 nitrogen and oxygen atoms in total. The molecule has 0 spiro atoms. The molecule has 0 bridgehead atoms. The van der Waals surface area contributed by atoms with Gasteiger partial charge >= 0.3 is 0 Å². The topological polar surface area (TPSA) is 23.8 Å². The molecule has 0 radical (unpaired) electrons. The molecule has 0 heterocycles. The lowest BCUT2D eigenvalue weighted by Crippen LogP contribution is -1.92. The molecule has 0 aromatic heterocycles. The lowest BCUT2D eigenvalue weighted by atomic mass is 10.0. The highest BCUT2D eigenvalue weighted by atomic mass is 19.1. The summed E-state index contributed by atoms with van der Waals surface area (Å²) in [5.74, 6) is -1.81. The highest BCUT2D eigenvalue weighted by Crippen LogP contribution is 2.25. The molecule has 0 aliphatic heterocycles. The summed E-state index contributed by atoms with van der Waals surface area (Å²) in [6.45, 7) is 0. The molecule has 0 saturated carbocycles. The van der Waals surface area contributed by atoms with Gasteiger partial charge in [-0.2, -0.15) is 5.26 Å². The molecule has 2 rings (SSSR count). The molecule has 0 N–H and O–H groups in total. The first-order chi connectivity index (χ1) is 8.61. The van der Waals surface area contributed by atoms with E-state index in [0.29, 0.717) is 0 Å². The summed E-state index contributed by atoms with van der Waals surface area (Å²) in [6.07, 6.45) is -0.0578. The molecule has 0 unspecified atom stereocenters. The Morgan fingerprint density at radius 2 is 1.72 bits per heavy atom. The van der Waals surface area contributed by atoms with Gasteiger partial charge < -0.3 is 0 Å². The number of hydrogen-bond acceptors (Lipinski definition) is 1. The van der Waals surface area contributed by atoms with Crippen LogP contribution in [0.2, 0.25) is 0 Å². The van der Waals surface area contributed by atoms with Crippen LogP contribution in [0, 0.1) is 28.8 Å². The second-order valence-electron chi connectivity index (χ2n) is 3.77. The first-order valence-electron chi connectivity index (χ1n) is 5.22. The second-order valence-corrected chi connectivity index (χ2v) is 3.77. The average Bonchev–Trinajstić information content (AvgIpc) is 2.35. The van der Waals surface area contributed by atoms with E-state index in [2.05, 4.69) is 0 Å². The van der Waals surface area contributed by atoms with Crippen LogP contribution in [0.5, 0.6) is 0 Å². The molecule has 0 saturated heterocycles. The minimum absolute atomic E-state index is 0.00240. The van der Waals surface area contributed by atoms with Crippen molar-refractivity contribution in [2.75, 3.05) is 0 Å². The van der Waals surface area contributed by atoms with E-state index in [-0.39, 0.29) is 23.1 Å². The maximum Gasteiger partial charge on any atom is 0.131 e. The monoisotopic (exact) mass is 247 g/mol. The number of benzene rings is 2. The minimum Gasteiger partial charge on any atom is -0.207 e. The highest BCUT2D eigenvalue weighted by Gasteiger charge is 2.09. The zero-order valence-electron chi connectivity index (χ0n) is 9.25. The predicted octanol–water partition coefficient (Wildman–Crippen LogP) is 3.84. The standard InChI is InChI=1S/C14H8F3N/c15-11-3-4-13(16)12(8-11)10-2-1-9(5-6-18)14(17)7-10/h1-4,7-8H,5H2. The smallest absolute Gasteiger partial charge is 0.131 e. The summed E-state index contributed by atoms with van der Waals surface area (Å²) in [4.78, 5) is 0. The van der Waals surface area contributed by atoms with Crippen molar-refractivity contribution in [1.29, 1.82) is 5.26 Å². The largest absolute Gasteiger partial charge is 0.207 e. The van der Waals surface area contributed by atoms with E-state index >= 15 is 0 Å². The van der Waals surface area contributed by atoms with Crippen molar-refractivity contribution in [3.63, 3.8) is 0 Å². The van der Waals surface area contributed by atoms with Crippen LogP contribution >= 0.6 is 0 Å². The first-order valence-corrected chi connectivity index (χ1v) is 5.22. The Kier molecular flexibility index (Phi) is 3.33. The van der Waals surface area contributed by atoms with Crippen LogP contribution in [-0.2, 0) is 6.42 Å². The minimum atomic E-state index is -0.621. The molecule has 0 aliphatic rings. The van der Waals surface area contributed by atoms with Crippen LogP contribution in [0.25, 0.3) is 11.1 Å². The SMILES string of the molecule is N#CCc1ccc(-c2cc(F)ccc2F)cc1F. The summed E-state index contributed by atoms with van der Waals surface area (Å²) in [6, 6.07) is 8.80. The third-order valence-electron chi connectivity index (χ3n) is 2.56. The number of nitrogens with zero attached hydrogens (tertiary/aromatic N) is 1. The van der Waals surface area contributed by atoms with Crippen LogP contribution in [-0.4, -0.2) is 0 Å². The van der Waals surface area contributed by atoms with Crippen molar-refractivity contribution in [1.82, 2.24) is 0 Å². The summed E-state index contributed by atoms with van der Waals surface area (Å²) >= 11 is 0. The van der Waals surface area contributed by atoms with Gasteiger partial charge in [0, 0.05) is 11.1 Å². The molecular formula is C14H8F3N. The fraction of sp³-hybridized carbons (Fsp3) is 0.0714. The molecular weight excluding hydrogens is 239 g/mol. The maximum absolute atomic E-state index is 13.6. The Labute approximate surface area is 102 Å². The Morgan fingerprint density at radius 1 is 0.944 bits per heavy atom. The number of halogens is 3. The van der Waals surface area contributed by atoms with Gasteiger partial charge in [-0.25, -0.2) is 13.2 Å². The van der Waals surface area contributed by atoms with Gasteiger partial charge in [0.05, 0.1) is 12.5 Å². The Hall–Kier alpha value is -2.28. The van der Waals surface area contributed by atoms with Gasteiger partial charge in [-0.05, 0) is 29.8 Å². The number of rotatable bonds is 2. The summed E-state index contributed by atoms with van der Waals surface area (Å²) in [7, 11) is 0. The van der Waals surface area contributed by atoms with Crippen LogP contribution in [0.3, 0.4) is 0 Å². The molecule has 0 amide bonds. The van der Waals surface area contributed by atoms with Crippen molar-refractivity contribution in [3.8, 4) is 17.2 Å². The van der Waals surface area contributed by atoms with E-state index in [9.17, 15) is 13.2 Å². The summed E-state index contributed by atoms with van der Waals surface area (Å²) < 4.78 is 40.1. The average molecular weight is 247 g/mol. The Morgan fingerprint density at radius 3 is 2.39 bits per heavy atom. The van der Waals surface area contributed by atoms with Gasteiger partial charge in [-0.1, -0.05) is 12.1 Å². The molecule has 2 aromatic rings. The summed E-state index contributed by atoms with van der Waals surface area (Å²) in [5.41, 5.74) is 0.474. The van der Waals surface area contributed by atoms with Crippen molar-refractivity contribution in [3.05, 3.63) is 59.4 Å². The van der Waals surface area contributed by atoms with Crippen molar-refractivity contribution in [2.45, 2.75) is 6.42 Å². The van der Waals surface area contributed by atoms with E-state index in [1.54, 1.807) is 0 Å². The normalized spacial score (nSPS) is 10.1. The quantitative estimate of drug-likeness (QED) is 0.791. The van der Waals surface area contributed by atoms with E-state index in [0.717, 1.165) is 24.3 Å². The maximum atomic E-state index is 13.6. The third-order valence-corrected chi connectivity index (χ3v) is 2.56. The van der Waals surface area contributed by atoms with Gasteiger partial charge in [0.15, 0.2) is 0 Å². The van der Waals surface area contributed by atoms with Crippen molar-refractivity contribution < 1.29 is 13.2 Å². The van der Waals surface area contributed by atoms with Crippen LogP contribution in [0.1, 0.15) is 5.56 Å². The van der Waals surface area contributed by atoms with Crippen LogP contribution in [0.15, 0.2) is 36.4 Å². The Bertz CT molecular complexity index is 629. The van der Waals surface area contributed by atoms with E-state index < -0.39 is 17.5 Å². The van der Waals surface area contributed by atoms with Gasteiger partial charge in [0.1, 0.15) is 17.5 Å². The lowest BCUT2D eigenvalue weighted by molar-refractivity contribution is 0.601. The number of hydrogen-bond donors (Lipinski definition) is 0. The fourth-order valence-corrected chi connectivity index (χ4v) is 1.66. The van der Waals surface area contributed by atoms with Gasteiger partial charge in [-0.3, -0.25) is 0 Å². The highest BCUT2D eigenvalue weighted by molar-refractivity contribution is 5.64. The zero-order valence-corrected chi connectivity index (χ0v) is 9.25. The molecule has 0 aliphatic carbocycles. The predicted molar refractivity (Wildman–Crippen MR) is 61.1 cm³/mol. The molecule has 90 valence electrons. The van der Waals surface area contributed by atoms with Crippen LogP contribution in [0.4, 0.5) is 13.2 Å². The number of nitriles is 1. The molecule has 2 aromatic carbocycles. The van der Waals surface area contributed by atoms with Gasteiger partial charge in [0.25, 0.3) is 0 Å². The van der Waals surface area contributed by atoms with E-state index in [4.69, 9.17) is 5.26 Å². The molecule has 18 heavy (non-hydrogen) atoms. The summed E-state index contributed by atoms with van der Waals surface area (Å²) in [5, 5.41) is 8.48. The van der Waals surface area contributed by atoms with E-state index in [1.165, 1.54) is 12.1 Å².